The van der Waals surface area contributed by atoms with Crippen LogP contribution in [0.15, 0.2) is 54.6 Å². The van der Waals surface area contributed by atoms with E-state index in [2.05, 4.69) is 4.90 Å². The van der Waals surface area contributed by atoms with Crippen molar-refractivity contribution in [1.82, 2.24) is 0 Å². The van der Waals surface area contributed by atoms with Crippen LogP contribution in [0.1, 0.15) is 12.8 Å². The van der Waals surface area contributed by atoms with Gasteiger partial charge in [-0.1, -0.05) is 18.2 Å². The van der Waals surface area contributed by atoms with Crippen LogP contribution in [0.25, 0.3) is 0 Å². The highest BCUT2D eigenvalue weighted by molar-refractivity contribution is 5.84. The summed E-state index contributed by atoms with van der Waals surface area (Å²) < 4.78 is 5.76. The van der Waals surface area contributed by atoms with Crippen LogP contribution in [0, 0.1) is 0 Å². The second kappa shape index (κ2) is 5.87. The van der Waals surface area contributed by atoms with Crippen molar-refractivity contribution < 1.29 is 9.53 Å². The maximum atomic E-state index is 11.4. The minimum atomic E-state index is -0.253. The molecule has 2 aromatic rings. The van der Waals surface area contributed by atoms with E-state index in [-0.39, 0.29) is 11.9 Å². The number of hydrogen-bond donors (Lipinski definition) is 1. The number of carbonyl (C=O) groups is 1. The lowest BCUT2D eigenvalue weighted by Crippen LogP contribution is -2.40. The van der Waals surface area contributed by atoms with E-state index in [1.165, 1.54) is 0 Å². The van der Waals surface area contributed by atoms with Gasteiger partial charge in [0.2, 0.25) is 5.91 Å². The first kappa shape index (κ1) is 13.5. The quantitative estimate of drug-likeness (QED) is 0.938. The van der Waals surface area contributed by atoms with Crippen LogP contribution in [-0.2, 0) is 4.79 Å². The van der Waals surface area contributed by atoms with Gasteiger partial charge in [0.25, 0.3) is 0 Å². The van der Waals surface area contributed by atoms with Crippen LogP contribution in [0.5, 0.6) is 11.5 Å². The molecule has 108 valence electrons. The van der Waals surface area contributed by atoms with Crippen molar-refractivity contribution >= 4 is 11.6 Å². The van der Waals surface area contributed by atoms with E-state index < -0.39 is 0 Å². The van der Waals surface area contributed by atoms with Gasteiger partial charge in [-0.3, -0.25) is 4.79 Å². The number of nitrogens with zero attached hydrogens (tertiary/aromatic N) is 1. The summed E-state index contributed by atoms with van der Waals surface area (Å²) in [5, 5.41) is 0. The number of carbonyl (C=O) groups excluding carboxylic acids is 1. The Hall–Kier alpha value is -2.49. The van der Waals surface area contributed by atoms with Crippen LogP contribution in [0.4, 0.5) is 5.69 Å². The lowest BCUT2D eigenvalue weighted by atomic mass is 10.2. The van der Waals surface area contributed by atoms with E-state index in [9.17, 15) is 4.79 Å². The Bertz CT molecular complexity index is 610. The maximum absolute atomic E-state index is 11.4. The summed E-state index contributed by atoms with van der Waals surface area (Å²) >= 11 is 0. The number of ether oxygens (including phenoxy) is 1. The predicted molar refractivity (Wildman–Crippen MR) is 82.5 cm³/mol. The normalized spacial score (nSPS) is 17.7. The number of nitrogens with two attached hydrogens (primary N) is 1. The third-order valence-electron chi connectivity index (χ3n) is 3.73. The zero-order valence-corrected chi connectivity index (χ0v) is 11.7. The van der Waals surface area contributed by atoms with Gasteiger partial charge < -0.3 is 15.4 Å². The van der Waals surface area contributed by atoms with Crippen molar-refractivity contribution in [3.63, 3.8) is 0 Å². The van der Waals surface area contributed by atoms with Crippen LogP contribution >= 0.6 is 0 Å². The number of amides is 1. The Labute approximate surface area is 124 Å². The smallest absolute Gasteiger partial charge is 0.240 e. The minimum Gasteiger partial charge on any atom is -0.457 e. The van der Waals surface area contributed by atoms with E-state index >= 15 is 0 Å². The highest BCUT2D eigenvalue weighted by Crippen LogP contribution is 2.28. The number of benzene rings is 2. The molecular weight excluding hydrogens is 264 g/mol. The monoisotopic (exact) mass is 282 g/mol. The summed E-state index contributed by atoms with van der Waals surface area (Å²) in [6.07, 6.45) is 1.83. The standard InChI is InChI=1S/C17H18N2O2/c18-17(20)16-7-4-12-19(16)13-8-10-15(11-9-13)21-14-5-2-1-3-6-14/h1-3,5-6,8-11,16H,4,7,12H2,(H2,18,20)/t16-/m1/s1. The lowest BCUT2D eigenvalue weighted by Gasteiger charge is -2.24. The van der Waals surface area contributed by atoms with Gasteiger partial charge in [0.05, 0.1) is 0 Å². The van der Waals surface area contributed by atoms with E-state index in [1.807, 2.05) is 54.6 Å². The van der Waals surface area contributed by atoms with Crippen molar-refractivity contribution in [2.75, 3.05) is 11.4 Å². The highest BCUT2D eigenvalue weighted by Gasteiger charge is 2.28. The second-order valence-electron chi connectivity index (χ2n) is 5.16. The molecule has 0 radical (unpaired) electrons. The summed E-state index contributed by atoms with van der Waals surface area (Å²) in [6, 6.07) is 17.2. The van der Waals surface area contributed by atoms with Crippen LogP contribution in [0.2, 0.25) is 0 Å². The molecule has 1 atom stereocenters. The van der Waals surface area contributed by atoms with E-state index in [4.69, 9.17) is 10.5 Å². The topological polar surface area (TPSA) is 55.6 Å². The van der Waals surface area contributed by atoms with Crippen molar-refractivity contribution in [2.24, 2.45) is 5.73 Å². The van der Waals surface area contributed by atoms with Gasteiger partial charge in [0, 0.05) is 12.2 Å². The lowest BCUT2D eigenvalue weighted by molar-refractivity contribution is -0.119. The molecule has 0 saturated carbocycles. The van der Waals surface area contributed by atoms with Gasteiger partial charge in [0.1, 0.15) is 17.5 Å². The molecule has 0 spiro atoms. The first-order valence-electron chi connectivity index (χ1n) is 7.13. The average Bonchev–Trinajstić information content (AvgIpc) is 2.99. The highest BCUT2D eigenvalue weighted by atomic mass is 16.5. The van der Waals surface area contributed by atoms with Gasteiger partial charge in [0.15, 0.2) is 0 Å². The van der Waals surface area contributed by atoms with E-state index in [0.717, 1.165) is 36.6 Å². The molecule has 1 aliphatic rings. The second-order valence-corrected chi connectivity index (χ2v) is 5.16. The third-order valence-corrected chi connectivity index (χ3v) is 3.73. The molecule has 1 aliphatic heterocycles. The number of primary amides is 1. The molecule has 2 aromatic carbocycles. The molecule has 3 rings (SSSR count). The Morgan fingerprint density at radius 2 is 1.71 bits per heavy atom. The molecule has 21 heavy (non-hydrogen) atoms. The van der Waals surface area contributed by atoms with E-state index in [1.54, 1.807) is 0 Å². The largest absolute Gasteiger partial charge is 0.457 e. The predicted octanol–water partition coefficient (Wildman–Crippen LogP) is 2.93. The number of rotatable bonds is 4. The summed E-state index contributed by atoms with van der Waals surface area (Å²) in [4.78, 5) is 13.5. The Balaban J connectivity index is 1.73. The number of anilines is 1. The average molecular weight is 282 g/mol. The number of para-hydroxylation sites is 1. The molecule has 0 aliphatic carbocycles. The molecule has 4 heteroatoms. The summed E-state index contributed by atoms with van der Waals surface area (Å²) in [7, 11) is 0. The molecular formula is C17H18N2O2. The molecule has 1 amide bonds. The van der Waals surface area contributed by atoms with Crippen molar-refractivity contribution in [1.29, 1.82) is 0 Å². The Morgan fingerprint density at radius 3 is 2.38 bits per heavy atom. The molecule has 1 heterocycles. The first-order valence-corrected chi connectivity index (χ1v) is 7.13. The molecule has 0 bridgehead atoms. The fraction of sp³-hybridized carbons (Fsp3) is 0.235. The SMILES string of the molecule is NC(=O)[C@H]1CCCN1c1ccc(Oc2ccccc2)cc1. The number of hydrogen-bond acceptors (Lipinski definition) is 3. The van der Waals surface area contributed by atoms with Crippen molar-refractivity contribution in [3.8, 4) is 11.5 Å². The Morgan fingerprint density at radius 1 is 1.05 bits per heavy atom. The molecule has 0 aromatic heterocycles. The van der Waals surface area contributed by atoms with E-state index in [0.29, 0.717) is 0 Å². The fourth-order valence-corrected chi connectivity index (χ4v) is 2.70. The summed E-state index contributed by atoms with van der Waals surface area (Å²) in [5.41, 5.74) is 6.46. The van der Waals surface area contributed by atoms with Gasteiger partial charge in [-0.2, -0.15) is 0 Å². The summed E-state index contributed by atoms with van der Waals surface area (Å²) in [5.74, 6) is 1.33. The van der Waals surface area contributed by atoms with Crippen LogP contribution in [-0.4, -0.2) is 18.5 Å². The van der Waals surface area contributed by atoms with Crippen LogP contribution < -0.4 is 15.4 Å². The molecule has 1 saturated heterocycles. The zero-order chi connectivity index (χ0) is 14.7. The molecule has 2 N–H and O–H groups in total. The first-order chi connectivity index (χ1) is 10.2. The van der Waals surface area contributed by atoms with Crippen LogP contribution in [0.3, 0.4) is 0 Å². The van der Waals surface area contributed by atoms with Gasteiger partial charge >= 0.3 is 0 Å². The third kappa shape index (κ3) is 2.99. The van der Waals surface area contributed by atoms with Gasteiger partial charge in [-0.25, -0.2) is 0 Å². The van der Waals surface area contributed by atoms with Crippen molar-refractivity contribution in [3.05, 3.63) is 54.6 Å². The zero-order valence-electron chi connectivity index (χ0n) is 11.7. The maximum Gasteiger partial charge on any atom is 0.240 e. The molecule has 4 nitrogen and oxygen atoms in total. The molecule has 0 unspecified atom stereocenters. The summed E-state index contributed by atoms with van der Waals surface area (Å²) in [6.45, 7) is 0.868. The van der Waals surface area contributed by atoms with Crippen molar-refractivity contribution in [2.45, 2.75) is 18.9 Å². The fourth-order valence-electron chi connectivity index (χ4n) is 2.70. The van der Waals surface area contributed by atoms with Gasteiger partial charge in [-0.05, 0) is 49.2 Å². The Kier molecular flexibility index (Phi) is 3.77. The molecule has 1 fully saturated rings. The van der Waals surface area contributed by atoms with Gasteiger partial charge in [-0.15, -0.1) is 0 Å². The minimum absolute atomic E-state index is 0.189.